The zero-order chi connectivity index (χ0) is 16.8. The maximum Gasteiger partial charge on any atom is 0.321 e. The molecule has 6 nitrogen and oxygen atoms in total. The van der Waals surface area contributed by atoms with Gasteiger partial charge in [0, 0.05) is 25.3 Å². The van der Waals surface area contributed by atoms with Crippen LogP contribution in [-0.2, 0) is 10.0 Å². The Bertz CT molecular complexity index is 579. The van der Waals surface area contributed by atoms with Gasteiger partial charge in [0.15, 0.2) is 0 Å². The molecule has 0 aromatic heterocycles. The molecule has 0 fully saturated rings. The van der Waals surface area contributed by atoms with Crippen LogP contribution in [0, 0.1) is 5.92 Å². The quantitative estimate of drug-likeness (QED) is 0.807. The van der Waals surface area contributed by atoms with Crippen molar-refractivity contribution in [1.82, 2.24) is 9.62 Å². The molecule has 0 saturated carbocycles. The Morgan fingerprint density at radius 3 is 2.14 bits per heavy atom. The number of carbonyl (C=O) groups excluding carboxylic acids is 1. The number of nitrogens with zero attached hydrogens (tertiary/aromatic N) is 1. The van der Waals surface area contributed by atoms with Gasteiger partial charge in [0.1, 0.15) is 0 Å². The SMILES string of the molecule is CCN(CC)C(=O)Nc1ccc(S(=O)(=O)NCC(C)C)cc1. The van der Waals surface area contributed by atoms with Crippen LogP contribution in [0.3, 0.4) is 0 Å². The molecular formula is C15H25N3O3S. The van der Waals surface area contributed by atoms with Gasteiger partial charge in [-0.15, -0.1) is 0 Å². The average Bonchev–Trinajstić information content (AvgIpc) is 2.47. The van der Waals surface area contributed by atoms with Gasteiger partial charge in [0.2, 0.25) is 10.0 Å². The van der Waals surface area contributed by atoms with Gasteiger partial charge in [-0.1, -0.05) is 13.8 Å². The lowest BCUT2D eigenvalue weighted by Gasteiger charge is -2.19. The van der Waals surface area contributed by atoms with E-state index < -0.39 is 10.0 Å². The second-order valence-corrected chi connectivity index (χ2v) is 7.14. The molecule has 0 spiro atoms. The molecule has 22 heavy (non-hydrogen) atoms. The maximum absolute atomic E-state index is 12.1. The van der Waals surface area contributed by atoms with Gasteiger partial charge in [-0.25, -0.2) is 17.9 Å². The van der Waals surface area contributed by atoms with E-state index in [1.165, 1.54) is 12.1 Å². The van der Waals surface area contributed by atoms with Crippen LogP contribution >= 0.6 is 0 Å². The van der Waals surface area contributed by atoms with E-state index in [9.17, 15) is 13.2 Å². The summed E-state index contributed by atoms with van der Waals surface area (Å²) in [6.07, 6.45) is 0. The first kappa shape index (κ1) is 18.4. The Morgan fingerprint density at radius 2 is 1.68 bits per heavy atom. The van der Waals surface area contributed by atoms with E-state index in [0.717, 1.165) is 0 Å². The van der Waals surface area contributed by atoms with E-state index in [1.807, 2.05) is 27.7 Å². The van der Waals surface area contributed by atoms with Crippen molar-refractivity contribution < 1.29 is 13.2 Å². The number of nitrogens with one attached hydrogen (secondary N) is 2. The Morgan fingerprint density at radius 1 is 1.14 bits per heavy atom. The first-order valence-electron chi connectivity index (χ1n) is 7.45. The van der Waals surface area contributed by atoms with Crippen LogP contribution in [-0.4, -0.2) is 39.0 Å². The van der Waals surface area contributed by atoms with Crippen LogP contribution in [0.1, 0.15) is 27.7 Å². The zero-order valence-electron chi connectivity index (χ0n) is 13.6. The molecule has 0 aliphatic carbocycles. The molecule has 0 unspecified atom stereocenters. The summed E-state index contributed by atoms with van der Waals surface area (Å²) in [4.78, 5) is 13.8. The molecule has 2 N–H and O–H groups in total. The second-order valence-electron chi connectivity index (χ2n) is 5.37. The van der Waals surface area contributed by atoms with Gasteiger partial charge in [0.25, 0.3) is 0 Å². The normalized spacial score (nSPS) is 11.5. The first-order valence-corrected chi connectivity index (χ1v) is 8.94. The van der Waals surface area contributed by atoms with Crippen LogP contribution in [0.25, 0.3) is 0 Å². The Kier molecular flexibility index (Phi) is 6.83. The van der Waals surface area contributed by atoms with Gasteiger partial charge in [-0.2, -0.15) is 0 Å². The number of hydrogen-bond donors (Lipinski definition) is 2. The molecule has 0 aliphatic rings. The third-order valence-corrected chi connectivity index (χ3v) is 4.59. The molecule has 1 aromatic carbocycles. The minimum Gasteiger partial charge on any atom is -0.325 e. The fourth-order valence-electron chi connectivity index (χ4n) is 1.79. The van der Waals surface area contributed by atoms with E-state index in [1.54, 1.807) is 17.0 Å². The summed E-state index contributed by atoms with van der Waals surface area (Å²) in [5.41, 5.74) is 0.569. The van der Waals surface area contributed by atoms with Crippen LogP contribution < -0.4 is 10.0 Å². The van der Waals surface area contributed by atoms with Crippen molar-refractivity contribution in [1.29, 1.82) is 0 Å². The lowest BCUT2D eigenvalue weighted by molar-refractivity contribution is 0.217. The van der Waals surface area contributed by atoms with E-state index in [0.29, 0.717) is 25.3 Å². The maximum atomic E-state index is 12.1. The van der Waals surface area contributed by atoms with Crippen LogP contribution in [0.5, 0.6) is 0 Å². The third kappa shape index (κ3) is 5.31. The van der Waals surface area contributed by atoms with E-state index >= 15 is 0 Å². The monoisotopic (exact) mass is 327 g/mol. The second kappa shape index (κ2) is 8.14. The predicted molar refractivity (Wildman–Crippen MR) is 88.4 cm³/mol. The molecule has 1 rings (SSSR count). The molecule has 1 aromatic rings. The van der Waals surface area contributed by atoms with Gasteiger partial charge in [-0.05, 0) is 44.0 Å². The summed E-state index contributed by atoms with van der Waals surface area (Å²) < 4.78 is 26.7. The molecular weight excluding hydrogens is 302 g/mol. The summed E-state index contributed by atoms with van der Waals surface area (Å²) in [6.45, 7) is 9.31. The molecule has 0 heterocycles. The number of amides is 2. The highest BCUT2D eigenvalue weighted by molar-refractivity contribution is 7.89. The molecule has 0 bridgehead atoms. The molecule has 0 radical (unpaired) electrons. The van der Waals surface area contributed by atoms with Gasteiger partial charge < -0.3 is 10.2 Å². The highest BCUT2D eigenvalue weighted by Crippen LogP contribution is 2.14. The minimum atomic E-state index is -3.50. The number of sulfonamides is 1. The van der Waals surface area contributed by atoms with E-state index in [2.05, 4.69) is 10.0 Å². The van der Waals surface area contributed by atoms with Crippen LogP contribution in [0.15, 0.2) is 29.2 Å². The fourth-order valence-corrected chi connectivity index (χ4v) is 3.00. The van der Waals surface area contributed by atoms with Crippen molar-refractivity contribution in [3.8, 4) is 0 Å². The Labute approximate surface area is 132 Å². The average molecular weight is 327 g/mol. The molecule has 2 amide bonds. The topological polar surface area (TPSA) is 78.5 Å². The molecule has 124 valence electrons. The van der Waals surface area contributed by atoms with Crippen molar-refractivity contribution in [3.05, 3.63) is 24.3 Å². The number of hydrogen-bond acceptors (Lipinski definition) is 3. The largest absolute Gasteiger partial charge is 0.325 e. The van der Waals surface area contributed by atoms with Crippen molar-refractivity contribution in [2.24, 2.45) is 5.92 Å². The molecule has 0 atom stereocenters. The number of benzene rings is 1. The minimum absolute atomic E-state index is 0.189. The highest BCUT2D eigenvalue weighted by Gasteiger charge is 2.15. The number of urea groups is 1. The molecule has 0 aliphatic heterocycles. The highest BCUT2D eigenvalue weighted by atomic mass is 32.2. The van der Waals surface area contributed by atoms with Gasteiger partial charge in [-0.3, -0.25) is 0 Å². The standard InChI is InChI=1S/C15H25N3O3S/c1-5-18(6-2)15(19)17-13-7-9-14(10-8-13)22(20,21)16-11-12(3)4/h7-10,12,16H,5-6,11H2,1-4H3,(H,17,19). The summed E-state index contributed by atoms with van der Waals surface area (Å²) >= 11 is 0. The smallest absolute Gasteiger partial charge is 0.321 e. The Hall–Kier alpha value is -1.60. The summed E-state index contributed by atoms with van der Waals surface area (Å²) in [5, 5.41) is 2.74. The summed E-state index contributed by atoms with van der Waals surface area (Å²) in [5.74, 6) is 0.238. The Balaban J connectivity index is 2.76. The van der Waals surface area contributed by atoms with Crippen LogP contribution in [0.2, 0.25) is 0 Å². The van der Waals surface area contributed by atoms with Crippen molar-refractivity contribution in [2.45, 2.75) is 32.6 Å². The van der Waals surface area contributed by atoms with E-state index in [4.69, 9.17) is 0 Å². The lowest BCUT2D eigenvalue weighted by atomic mass is 10.2. The first-order chi connectivity index (χ1) is 10.3. The van der Waals surface area contributed by atoms with Gasteiger partial charge >= 0.3 is 6.03 Å². The zero-order valence-corrected chi connectivity index (χ0v) is 14.4. The molecule has 7 heteroatoms. The number of anilines is 1. The molecule has 0 saturated heterocycles. The van der Waals surface area contributed by atoms with Gasteiger partial charge in [0.05, 0.1) is 4.90 Å². The predicted octanol–water partition coefficient (Wildman–Crippen LogP) is 2.49. The number of carbonyl (C=O) groups is 1. The fraction of sp³-hybridized carbons (Fsp3) is 0.533. The van der Waals surface area contributed by atoms with Crippen molar-refractivity contribution in [3.63, 3.8) is 0 Å². The number of rotatable bonds is 7. The summed E-state index contributed by atoms with van der Waals surface area (Å²) in [6, 6.07) is 5.95. The lowest BCUT2D eigenvalue weighted by Crippen LogP contribution is -2.34. The van der Waals surface area contributed by atoms with Crippen molar-refractivity contribution >= 4 is 21.7 Å². The third-order valence-electron chi connectivity index (χ3n) is 3.15. The van der Waals surface area contributed by atoms with Crippen LogP contribution in [0.4, 0.5) is 10.5 Å². The van der Waals surface area contributed by atoms with E-state index in [-0.39, 0.29) is 16.8 Å². The van der Waals surface area contributed by atoms with Crippen molar-refractivity contribution in [2.75, 3.05) is 25.0 Å². The summed E-state index contributed by atoms with van der Waals surface area (Å²) in [7, 11) is -3.50.